The number of rotatable bonds is 4. The van der Waals surface area contributed by atoms with E-state index in [-0.39, 0.29) is 0 Å². The fourth-order valence-corrected chi connectivity index (χ4v) is 1.52. The van der Waals surface area contributed by atoms with Crippen LogP contribution in [-0.2, 0) is 4.74 Å². The molecule has 1 amide bonds. The van der Waals surface area contributed by atoms with Crippen molar-refractivity contribution < 1.29 is 19.7 Å². The highest BCUT2D eigenvalue weighted by molar-refractivity contribution is 5.65. The number of piperazine rings is 1. The van der Waals surface area contributed by atoms with Gasteiger partial charge in [0.2, 0.25) is 0 Å². The van der Waals surface area contributed by atoms with Gasteiger partial charge in [-0.1, -0.05) is 0 Å². The highest BCUT2D eigenvalue weighted by Crippen LogP contribution is 2.01. The lowest BCUT2D eigenvalue weighted by molar-refractivity contribution is -0.0904. The van der Waals surface area contributed by atoms with Gasteiger partial charge in [0.15, 0.2) is 6.29 Å². The molecule has 15 heavy (non-hydrogen) atoms. The van der Waals surface area contributed by atoms with E-state index in [1.165, 1.54) is 4.90 Å². The first-order chi connectivity index (χ1) is 7.09. The Hall–Kier alpha value is -0.850. The van der Waals surface area contributed by atoms with Crippen molar-refractivity contribution in [1.29, 1.82) is 0 Å². The molecule has 88 valence electrons. The number of hydrogen-bond acceptors (Lipinski definition) is 4. The van der Waals surface area contributed by atoms with Crippen molar-refractivity contribution in [3.8, 4) is 0 Å². The Balaban J connectivity index is 2.12. The first-order valence-electron chi connectivity index (χ1n) is 5.09. The van der Waals surface area contributed by atoms with Crippen LogP contribution in [0.5, 0.6) is 0 Å². The topological polar surface area (TPSA) is 73.2 Å². The summed E-state index contributed by atoms with van der Waals surface area (Å²) in [6, 6.07) is 0. The van der Waals surface area contributed by atoms with Gasteiger partial charge < -0.3 is 19.8 Å². The van der Waals surface area contributed by atoms with Crippen LogP contribution >= 0.6 is 0 Å². The molecule has 0 aliphatic carbocycles. The number of amides is 1. The maximum absolute atomic E-state index is 10.6. The molecule has 2 N–H and O–H groups in total. The van der Waals surface area contributed by atoms with Gasteiger partial charge in [0.1, 0.15) is 0 Å². The van der Waals surface area contributed by atoms with E-state index >= 15 is 0 Å². The highest BCUT2D eigenvalue weighted by Gasteiger charge is 2.19. The maximum Gasteiger partial charge on any atom is 0.407 e. The number of aliphatic hydroxyl groups excluding tert-OH is 1. The zero-order valence-electron chi connectivity index (χ0n) is 8.93. The Morgan fingerprint density at radius 2 is 2.00 bits per heavy atom. The Morgan fingerprint density at radius 3 is 2.47 bits per heavy atom. The maximum atomic E-state index is 10.6. The van der Waals surface area contributed by atoms with Crippen LogP contribution in [0.3, 0.4) is 0 Å². The lowest BCUT2D eigenvalue weighted by Gasteiger charge is -2.32. The smallest absolute Gasteiger partial charge is 0.407 e. The van der Waals surface area contributed by atoms with E-state index in [1.54, 1.807) is 6.92 Å². The van der Waals surface area contributed by atoms with Crippen molar-refractivity contribution in [1.82, 2.24) is 9.80 Å². The molecule has 0 bridgehead atoms. The van der Waals surface area contributed by atoms with Gasteiger partial charge in [-0.25, -0.2) is 4.79 Å². The summed E-state index contributed by atoms with van der Waals surface area (Å²) >= 11 is 0. The summed E-state index contributed by atoms with van der Waals surface area (Å²) < 4.78 is 5.00. The fraction of sp³-hybridized carbons (Fsp3) is 0.889. The molecule has 1 rings (SSSR count). The molecule has 0 saturated carbocycles. The number of carbonyl (C=O) groups is 1. The number of hydrogen-bond donors (Lipinski definition) is 2. The third-order valence-electron chi connectivity index (χ3n) is 2.41. The minimum Gasteiger partial charge on any atom is -0.465 e. The predicted molar refractivity (Wildman–Crippen MR) is 53.7 cm³/mol. The van der Waals surface area contributed by atoms with Crippen molar-refractivity contribution >= 4 is 6.09 Å². The van der Waals surface area contributed by atoms with Crippen LogP contribution in [0, 0.1) is 0 Å². The molecule has 1 aliphatic heterocycles. The van der Waals surface area contributed by atoms with E-state index in [0.29, 0.717) is 19.7 Å². The molecule has 1 aliphatic rings. The van der Waals surface area contributed by atoms with Crippen molar-refractivity contribution in [3.05, 3.63) is 0 Å². The van der Waals surface area contributed by atoms with Crippen LogP contribution < -0.4 is 0 Å². The number of nitrogens with zero attached hydrogens (tertiary/aromatic N) is 2. The molecule has 1 heterocycles. The van der Waals surface area contributed by atoms with Gasteiger partial charge in [0.25, 0.3) is 0 Å². The lowest BCUT2D eigenvalue weighted by Crippen LogP contribution is -2.49. The summed E-state index contributed by atoms with van der Waals surface area (Å²) in [5, 5.41) is 17.6. The molecule has 0 spiro atoms. The Morgan fingerprint density at radius 1 is 1.40 bits per heavy atom. The second-order valence-corrected chi connectivity index (χ2v) is 3.58. The van der Waals surface area contributed by atoms with Crippen LogP contribution in [0.15, 0.2) is 0 Å². The average molecular weight is 218 g/mol. The van der Waals surface area contributed by atoms with Gasteiger partial charge >= 0.3 is 6.09 Å². The second kappa shape index (κ2) is 5.89. The van der Waals surface area contributed by atoms with E-state index in [9.17, 15) is 4.79 Å². The largest absolute Gasteiger partial charge is 0.465 e. The van der Waals surface area contributed by atoms with Gasteiger partial charge in [-0.15, -0.1) is 0 Å². The summed E-state index contributed by atoms with van der Waals surface area (Å²) in [6.07, 6.45) is -1.58. The van der Waals surface area contributed by atoms with Crippen LogP contribution in [0.2, 0.25) is 0 Å². The molecule has 1 atom stereocenters. The minimum atomic E-state index is -0.852. The van der Waals surface area contributed by atoms with Gasteiger partial charge in [-0.3, -0.25) is 4.90 Å². The number of ether oxygens (including phenoxy) is 1. The van der Waals surface area contributed by atoms with E-state index < -0.39 is 12.4 Å². The third-order valence-corrected chi connectivity index (χ3v) is 2.41. The Bertz CT molecular complexity index is 202. The molecule has 1 unspecified atom stereocenters. The SMILES string of the molecule is CC(O)OCCN1CCN(C(=O)O)CC1. The summed E-state index contributed by atoms with van der Waals surface area (Å²) in [7, 11) is 0. The fourth-order valence-electron chi connectivity index (χ4n) is 1.52. The molecular weight excluding hydrogens is 200 g/mol. The summed E-state index contributed by atoms with van der Waals surface area (Å²) in [4.78, 5) is 14.1. The van der Waals surface area contributed by atoms with Gasteiger partial charge in [0.05, 0.1) is 6.61 Å². The summed E-state index contributed by atoms with van der Waals surface area (Å²) in [5.74, 6) is 0. The van der Waals surface area contributed by atoms with E-state index in [2.05, 4.69) is 4.90 Å². The molecule has 1 fully saturated rings. The lowest BCUT2D eigenvalue weighted by atomic mass is 10.3. The molecular formula is C9H18N2O4. The normalized spacial score (nSPS) is 20.3. The molecule has 6 heteroatoms. The van der Waals surface area contributed by atoms with Crippen LogP contribution in [0.25, 0.3) is 0 Å². The van der Waals surface area contributed by atoms with Crippen LogP contribution in [0.1, 0.15) is 6.92 Å². The molecule has 0 aromatic carbocycles. The van der Waals surface area contributed by atoms with E-state index in [4.69, 9.17) is 14.9 Å². The molecule has 0 aromatic heterocycles. The summed E-state index contributed by atoms with van der Waals surface area (Å²) in [5.41, 5.74) is 0. The van der Waals surface area contributed by atoms with Crippen molar-refractivity contribution in [2.75, 3.05) is 39.3 Å². The van der Waals surface area contributed by atoms with Crippen molar-refractivity contribution in [3.63, 3.8) is 0 Å². The zero-order valence-corrected chi connectivity index (χ0v) is 8.93. The monoisotopic (exact) mass is 218 g/mol. The zero-order chi connectivity index (χ0) is 11.3. The minimum absolute atomic E-state index is 0.477. The van der Waals surface area contributed by atoms with Crippen LogP contribution in [-0.4, -0.2) is 71.7 Å². The first-order valence-corrected chi connectivity index (χ1v) is 5.09. The van der Waals surface area contributed by atoms with Gasteiger partial charge in [0, 0.05) is 32.7 Å². The Kier molecular flexibility index (Phi) is 4.80. The van der Waals surface area contributed by atoms with Crippen molar-refractivity contribution in [2.24, 2.45) is 0 Å². The average Bonchev–Trinajstić information content (AvgIpc) is 2.18. The quantitative estimate of drug-likeness (QED) is 0.630. The third kappa shape index (κ3) is 4.46. The van der Waals surface area contributed by atoms with Crippen molar-refractivity contribution in [2.45, 2.75) is 13.2 Å². The first kappa shape index (κ1) is 12.2. The van der Waals surface area contributed by atoms with E-state index in [1.807, 2.05) is 0 Å². The predicted octanol–water partition coefficient (Wildman–Crippen LogP) is -0.363. The Labute approximate surface area is 89.0 Å². The van der Waals surface area contributed by atoms with Gasteiger partial charge in [-0.05, 0) is 6.92 Å². The van der Waals surface area contributed by atoms with Gasteiger partial charge in [-0.2, -0.15) is 0 Å². The van der Waals surface area contributed by atoms with E-state index in [0.717, 1.165) is 19.6 Å². The number of carboxylic acid groups (broad SMARTS) is 1. The molecule has 0 aromatic rings. The van der Waals surface area contributed by atoms with Crippen LogP contribution in [0.4, 0.5) is 4.79 Å². The summed E-state index contributed by atoms with van der Waals surface area (Å²) in [6.45, 7) is 5.34. The second-order valence-electron chi connectivity index (χ2n) is 3.58. The standard InChI is InChI=1S/C9H18N2O4/c1-8(12)15-7-6-10-2-4-11(5-3-10)9(13)14/h8,12H,2-7H2,1H3,(H,13,14). The molecule has 6 nitrogen and oxygen atoms in total. The molecule has 0 radical (unpaired) electrons. The number of aliphatic hydroxyl groups is 1. The highest BCUT2D eigenvalue weighted by atomic mass is 16.6. The molecule has 1 saturated heterocycles.